The molecule has 1 aliphatic heterocycles. The Morgan fingerprint density at radius 2 is 2.00 bits per heavy atom. The van der Waals surface area contributed by atoms with E-state index >= 15 is 0 Å². The molecule has 0 aliphatic carbocycles. The molecule has 2 unspecified atom stereocenters. The largest absolute Gasteiger partial charge is 0.364 e. The van der Waals surface area contributed by atoms with Crippen LogP contribution in [0.1, 0.15) is 33.1 Å². The minimum absolute atomic E-state index is 0.00643. The van der Waals surface area contributed by atoms with Gasteiger partial charge in [0.05, 0.1) is 6.10 Å². The highest BCUT2D eigenvalue weighted by Crippen LogP contribution is 2.18. The van der Waals surface area contributed by atoms with Crippen molar-refractivity contribution in [2.45, 2.75) is 45.3 Å². The molecule has 0 aromatic rings. The van der Waals surface area contributed by atoms with E-state index in [9.17, 15) is 9.59 Å². The van der Waals surface area contributed by atoms with Crippen LogP contribution in [0.4, 0.5) is 0 Å². The molecule has 2 amide bonds. The number of carbonyl (C=O) groups is 2. The molecule has 2 atom stereocenters. The summed E-state index contributed by atoms with van der Waals surface area (Å²) in [4.78, 5) is 25.3. The molecule has 0 aromatic carbocycles. The van der Waals surface area contributed by atoms with Gasteiger partial charge in [0.2, 0.25) is 11.8 Å². The van der Waals surface area contributed by atoms with Gasteiger partial charge in [-0.2, -0.15) is 0 Å². The summed E-state index contributed by atoms with van der Waals surface area (Å²) >= 11 is 0. The molecule has 1 fully saturated rings. The molecule has 0 radical (unpaired) electrons. The molecule has 1 aliphatic rings. The highest BCUT2D eigenvalue weighted by atomic mass is 16.5. The van der Waals surface area contributed by atoms with Crippen LogP contribution in [0.2, 0.25) is 0 Å². The Bertz CT molecular complexity index is 306. The Labute approximate surface area is 114 Å². The molecule has 6 nitrogen and oxygen atoms in total. The maximum absolute atomic E-state index is 11.8. The fourth-order valence-electron chi connectivity index (χ4n) is 2.21. The number of carbonyl (C=O) groups excluding carboxylic acids is 2. The van der Waals surface area contributed by atoms with Crippen molar-refractivity contribution in [3.05, 3.63) is 0 Å². The summed E-state index contributed by atoms with van der Waals surface area (Å²) in [7, 11) is 0. The molecule has 19 heavy (non-hydrogen) atoms. The van der Waals surface area contributed by atoms with E-state index in [0.717, 1.165) is 6.42 Å². The minimum Gasteiger partial charge on any atom is -0.364 e. The molecule has 1 rings (SSSR count). The number of ether oxygens (including phenoxy) is 1. The predicted octanol–water partition coefficient (Wildman–Crippen LogP) is -0.133. The molecule has 0 bridgehead atoms. The molecule has 1 saturated heterocycles. The topological polar surface area (TPSA) is 84.7 Å². The lowest BCUT2D eigenvalue weighted by molar-refractivity contribution is -0.133. The number of hydrogen-bond donors (Lipinski definition) is 2. The zero-order valence-electron chi connectivity index (χ0n) is 11.9. The normalized spacial score (nSPS) is 22.3. The van der Waals surface area contributed by atoms with E-state index in [1.54, 1.807) is 4.90 Å². The zero-order chi connectivity index (χ0) is 14.3. The van der Waals surface area contributed by atoms with Gasteiger partial charge in [-0.25, -0.2) is 0 Å². The average molecular weight is 271 g/mol. The van der Waals surface area contributed by atoms with Gasteiger partial charge in [0.25, 0.3) is 0 Å². The van der Waals surface area contributed by atoms with Crippen molar-refractivity contribution >= 4 is 11.8 Å². The average Bonchev–Trinajstić information content (AvgIpc) is 2.89. The van der Waals surface area contributed by atoms with E-state index in [0.29, 0.717) is 39.0 Å². The quantitative estimate of drug-likeness (QED) is 0.675. The van der Waals surface area contributed by atoms with Gasteiger partial charge in [0.1, 0.15) is 6.10 Å². The second-order valence-electron chi connectivity index (χ2n) is 4.67. The molecule has 0 spiro atoms. The highest BCUT2D eigenvalue weighted by molar-refractivity contribution is 5.82. The summed E-state index contributed by atoms with van der Waals surface area (Å²) in [6.07, 6.45) is 1.45. The maximum Gasteiger partial charge on any atom is 0.249 e. The number of rotatable bonds is 7. The first-order valence-corrected chi connectivity index (χ1v) is 7.03. The van der Waals surface area contributed by atoms with Gasteiger partial charge in [-0.05, 0) is 26.7 Å². The molecular weight excluding hydrogens is 246 g/mol. The summed E-state index contributed by atoms with van der Waals surface area (Å²) in [6, 6.07) is 0. The smallest absolute Gasteiger partial charge is 0.249 e. The standard InChI is InChI=1S/C13H25N3O3/c1-3-16(4-2)12(17)7-8-15-13(18)11-6-5-10(9-14)19-11/h10-11H,3-9,14H2,1-2H3,(H,15,18). The van der Waals surface area contributed by atoms with Crippen LogP contribution in [0.25, 0.3) is 0 Å². The SMILES string of the molecule is CCN(CC)C(=O)CCNC(=O)C1CCC(CN)O1. The van der Waals surface area contributed by atoms with Crippen LogP contribution in [0, 0.1) is 0 Å². The number of nitrogens with zero attached hydrogens (tertiary/aromatic N) is 1. The third-order valence-corrected chi connectivity index (χ3v) is 3.42. The van der Waals surface area contributed by atoms with E-state index in [1.165, 1.54) is 0 Å². The fourth-order valence-corrected chi connectivity index (χ4v) is 2.21. The second kappa shape index (κ2) is 8.12. The molecule has 6 heteroatoms. The van der Waals surface area contributed by atoms with Crippen LogP contribution in [0.3, 0.4) is 0 Å². The van der Waals surface area contributed by atoms with E-state index in [2.05, 4.69) is 5.32 Å². The first-order chi connectivity index (χ1) is 9.12. The van der Waals surface area contributed by atoms with Crippen molar-refractivity contribution in [2.75, 3.05) is 26.2 Å². The van der Waals surface area contributed by atoms with Crippen LogP contribution in [-0.2, 0) is 14.3 Å². The summed E-state index contributed by atoms with van der Waals surface area (Å²) in [6.45, 7) is 6.10. The van der Waals surface area contributed by atoms with Crippen LogP contribution < -0.4 is 11.1 Å². The van der Waals surface area contributed by atoms with E-state index < -0.39 is 6.10 Å². The lowest BCUT2D eigenvalue weighted by atomic mass is 10.2. The number of hydrogen-bond acceptors (Lipinski definition) is 4. The molecule has 0 aromatic heterocycles. The van der Waals surface area contributed by atoms with Gasteiger partial charge in [-0.1, -0.05) is 0 Å². The van der Waals surface area contributed by atoms with Crippen molar-refractivity contribution in [1.82, 2.24) is 10.2 Å². The minimum atomic E-state index is -0.405. The van der Waals surface area contributed by atoms with Crippen molar-refractivity contribution < 1.29 is 14.3 Å². The predicted molar refractivity (Wildman–Crippen MR) is 72.5 cm³/mol. The van der Waals surface area contributed by atoms with Gasteiger partial charge >= 0.3 is 0 Å². The molecular formula is C13H25N3O3. The van der Waals surface area contributed by atoms with Crippen LogP contribution in [0.5, 0.6) is 0 Å². The van der Waals surface area contributed by atoms with Crippen molar-refractivity contribution in [1.29, 1.82) is 0 Å². The van der Waals surface area contributed by atoms with Crippen LogP contribution in [0.15, 0.2) is 0 Å². The third kappa shape index (κ3) is 4.80. The van der Waals surface area contributed by atoms with Crippen molar-refractivity contribution in [3.63, 3.8) is 0 Å². The van der Waals surface area contributed by atoms with Gasteiger partial charge in [-0.3, -0.25) is 9.59 Å². The zero-order valence-corrected chi connectivity index (χ0v) is 11.9. The van der Waals surface area contributed by atoms with Crippen LogP contribution >= 0.6 is 0 Å². The Morgan fingerprint density at radius 3 is 2.53 bits per heavy atom. The first-order valence-electron chi connectivity index (χ1n) is 7.03. The fraction of sp³-hybridized carbons (Fsp3) is 0.846. The van der Waals surface area contributed by atoms with Crippen molar-refractivity contribution in [2.24, 2.45) is 5.73 Å². The number of nitrogens with two attached hydrogens (primary N) is 1. The Kier molecular flexibility index (Phi) is 6.80. The van der Waals surface area contributed by atoms with Gasteiger partial charge in [-0.15, -0.1) is 0 Å². The Morgan fingerprint density at radius 1 is 1.32 bits per heavy atom. The summed E-state index contributed by atoms with van der Waals surface area (Å²) < 4.78 is 5.49. The summed E-state index contributed by atoms with van der Waals surface area (Å²) in [5.74, 6) is -0.0687. The second-order valence-corrected chi connectivity index (χ2v) is 4.67. The molecule has 110 valence electrons. The summed E-state index contributed by atoms with van der Waals surface area (Å²) in [5.41, 5.74) is 5.49. The highest BCUT2D eigenvalue weighted by Gasteiger charge is 2.29. The molecule has 0 saturated carbocycles. The number of nitrogens with one attached hydrogen (secondary N) is 1. The first kappa shape index (κ1) is 15.9. The Balaban J connectivity index is 2.22. The summed E-state index contributed by atoms with van der Waals surface area (Å²) in [5, 5.41) is 2.75. The van der Waals surface area contributed by atoms with Crippen molar-refractivity contribution in [3.8, 4) is 0 Å². The van der Waals surface area contributed by atoms with E-state index in [4.69, 9.17) is 10.5 Å². The van der Waals surface area contributed by atoms with Gasteiger partial charge in [0, 0.05) is 32.6 Å². The van der Waals surface area contributed by atoms with Crippen LogP contribution in [-0.4, -0.2) is 55.1 Å². The van der Waals surface area contributed by atoms with E-state index in [1.807, 2.05) is 13.8 Å². The lowest BCUT2D eigenvalue weighted by Gasteiger charge is -2.19. The van der Waals surface area contributed by atoms with Gasteiger partial charge < -0.3 is 20.7 Å². The third-order valence-electron chi connectivity index (χ3n) is 3.42. The number of amides is 2. The van der Waals surface area contributed by atoms with Gasteiger partial charge in [0.15, 0.2) is 0 Å². The monoisotopic (exact) mass is 271 g/mol. The lowest BCUT2D eigenvalue weighted by Crippen LogP contribution is -2.38. The Hall–Kier alpha value is -1.14. The van der Waals surface area contributed by atoms with E-state index in [-0.39, 0.29) is 17.9 Å². The maximum atomic E-state index is 11.8. The molecule has 1 heterocycles. The molecule has 3 N–H and O–H groups in total.